The van der Waals surface area contributed by atoms with Crippen LogP contribution in [0.1, 0.15) is 53.7 Å². The van der Waals surface area contributed by atoms with Gasteiger partial charge in [0.15, 0.2) is 0 Å². The van der Waals surface area contributed by atoms with Gasteiger partial charge >= 0.3 is 0 Å². The maximum absolute atomic E-state index is 14.4. The van der Waals surface area contributed by atoms with Gasteiger partial charge in [0, 0.05) is 61.9 Å². The number of aromatic nitrogens is 2. The highest BCUT2D eigenvalue weighted by Crippen LogP contribution is 2.35. The molecule has 1 saturated carbocycles. The molecule has 37 heavy (non-hydrogen) atoms. The van der Waals surface area contributed by atoms with Gasteiger partial charge in [0.05, 0.1) is 18.3 Å². The van der Waals surface area contributed by atoms with Gasteiger partial charge in [-0.3, -0.25) is 14.8 Å². The standard InChI is InChI=1S/C27H31F2N5O3/c1-31(10-9-21-7-8-26(35)34(21)20-5-6-20)14-18-16-33(15-17-3-4-19(28)11-23(17)29)25-13-30-24(12-22(18)25)27(36)32(2)37/h3-4,11-13,16,20-21,37H,5-10,14-15H2,1-2H3. The summed E-state index contributed by atoms with van der Waals surface area (Å²) in [5, 5.41) is 10.9. The monoisotopic (exact) mass is 511 g/mol. The number of hydrogen-bond donors (Lipinski definition) is 1. The lowest BCUT2D eigenvalue weighted by Crippen LogP contribution is -2.37. The third-order valence-corrected chi connectivity index (χ3v) is 7.32. The highest BCUT2D eigenvalue weighted by Gasteiger charge is 2.40. The number of carbonyl (C=O) groups excluding carboxylic acids is 2. The number of pyridine rings is 1. The van der Waals surface area contributed by atoms with Crippen molar-refractivity contribution < 1.29 is 23.6 Å². The number of halogens is 2. The van der Waals surface area contributed by atoms with Crippen molar-refractivity contribution in [2.45, 2.75) is 57.3 Å². The van der Waals surface area contributed by atoms with Crippen molar-refractivity contribution in [1.82, 2.24) is 24.4 Å². The molecule has 196 valence electrons. The zero-order valence-corrected chi connectivity index (χ0v) is 21.0. The minimum Gasteiger partial charge on any atom is -0.341 e. The van der Waals surface area contributed by atoms with Crippen molar-refractivity contribution in [3.8, 4) is 0 Å². The Labute approximate surface area is 214 Å². The van der Waals surface area contributed by atoms with Crippen LogP contribution < -0.4 is 0 Å². The molecule has 10 heteroatoms. The summed E-state index contributed by atoms with van der Waals surface area (Å²) in [6, 6.07) is 5.84. The molecule has 2 aliphatic rings. The van der Waals surface area contributed by atoms with Crippen LogP contribution in [0.3, 0.4) is 0 Å². The molecule has 1 aliphatic carbocycles. The number of fused-ring (bicyclic) bond motifs is 1. The number of likely N-dealkylation sites (tertiary alicyclic amines) is 1. The summed E-state index contributed by atoms with van der Waals surface area (Å²) in [5.74, 6) is -1.63. The van der Waals surface area contributed by atoms with E-state index in [-0.39, 0.29) is 24.2 Å². The molecule has 3 heterocycles. The predicted octanol–water partition coefficient (Wildman–Crippen LogP) is 3.80. The molecule has 0 spiro atoms. The number of nitrogens with zero attached hydrogens (tertiary/aromatic N) is 5. The van der Waals surface area contributed by atoms with E-state index in [2.05, 4.69) is 14.8 Å². The van der Waals surface area contributed by atoms with Crippen LogP contribution >= 0.6 is 0 Å². The van der Waals surface area contributed by atoms with Gasteiger partial charge in [0.1, 0.15) is 17.3 Å². The molecule has 1 aliphatic heterocycles. The number of carbonyl (C=O) groups is 2. The third-order valence-electron chi connectivity index (χ3n) is 7.32. The Bertz CT molecular complexity index is 1340. The highest BCUT2D eigenvalue weighted by atomic mass is 19.1. The van der Waals surface area contributed by atoms with Crippen molar-refractivity contribution >= 4 is 22.7 Å². The number of hydroxylamine groups is 2. The fourth-order valence-corrected chi connectivity index (χ4v) is 5.27. The Morgan fingerprint density at radius 1 is 1.16 bits per heavy atom. The normalized spacial score (nSPS) is 17.8. The Kier molecular flexibility index (Phi) is 6.96. The maximum atomic E-state index is 14.4. The first kappa shape index (κ1) is 25.3. The molecule has 2 amide bonds. The average molecular weight is 512 g/mol. The lowest BCUT2D eigenvalue weighted by molar-refractivity contribution is -0.129. The van der Waals surface area contributed by atoms with Crippen LogP contribution in [0.2, 0.25) is 0 Å². The van der Waals surface area contributed by atoms with E-state index in [1.54, 1.807) is 6.07 Å². The van der Waals surface area contributed by atoms with Gasteiger partial charge in [-0.05, 0) is 50.4 Å². The van der Waals surface area contributed by atoms with Gasteiger partial charge in [0.25, 0.3) is 5.91 Å². The van der Waals surface area contributed by atoms with Crippen molar-refractivity contribution in [3.05, 3.63) is 65.1 Å². The van der Waals surface area contributed by atoms with Crippen molar-refractivity contribution in [1.29, 1.82) is 0 Å². The molecule has 1 N–H and O–H groups in total. The summed E-state index contributed by atoms with van der Waals surface area (Å²) in [7, 11) is 3.25. The smallest absolute Gasteiger partial charge is 0.295 e. The molecule has 5 rings (SSSR count). The van der Waals surface area contributed by atoms with E-state index < -0.39 is 17.5 Å². The molecule has 1 aromatic carbocycles. The van der Waals surface area contributed by atoms with Crippen LogP contribution in [0, 0.1) is 11.6 Å². The number of benzene rings is 1. The molecule has 2 aromatic heterocycles. The molecular formula is C27H31F2N5O3. The second kappa shape index (κ2) is 10.2. The van der Waals surface area contributed by atoms with Gasteiger partial charge in [-0.15, -0.1) is 0 Å². The molecule has 0 bridgehead atoms. The summed E-state index contributed by atoms with van der Waals surface area (Å²) in [6.45, 7) is 1.52. The first-order chi connectivity index (χ1) is 17.7. The minimum absolute atomic E-state index is 0.0941. The fraction of sp³-hybridized carbons (Fsp3) is 0.444. The summed E-state index contributed by atoms with van der Waals surface area (Å²) in [6.07, 6.45) is 8.05. The predicted molar refractivity (Wildman–Crippen MR) is 133 cm³/mol. The largest absolute Gasteiger partial charge is 0.341 e. The van der Waals surface area contributed by atoms with E-state index in [9.17, 15) is 23.6 Å². The van der Waals surface area contributed by atoms with E-state index in [1.165, 1.54) is 25.4 Å². The van der Waals surface area contributed by atoms with Crippen molar-refractivity contribution in [3.63, 3.8) is 0 Å². The first-order valence-electron chi connectivity index (χ1n) is 12.6. The van der Waals surface area contributed by atoms with Crippen LogP contribution in [0.25, 0.3) is 10.9 Å². The fourth-order valence-electron chi connectivity index (χ4n) is 5.27. The zero-order chi connectivity index (χ0) is 26.3. The first-order valence-corrected chi connectivity index (χ1v) is 12.6. The van der Waals surface area contributed by atoms with Gasteiger partial charge < -0.3 is 14.4 Å². The van der Waals surface area contributed by atoms with Crippen LogP contribution in [-0.2, 0) is 17.9 Å². The molecule has 2 fully saturated rings. The van der Waals surface area contributed by atoms with Crippen LogP contribution in [0.15, 0.2) is 36.7 Å². The summed E-state index contributed by atoms with van der Waals surface area (Å²) in [5.41, 5.74) is 2.04. The van der Waals surface area contributed by atoms with Gasteiger partial charge in [-0.2, -0.15) is 0 Å². The summed E-state index contributed by atoms with van der Waals surface area (Å²) >= 11 is 0. The van der Waals surface area contributed by atoms with Crippen LogP contribution in [0.5, 0.6) is 0 Å². The second-order valence-corrected chi connectivity index (χ2v) is 10.2. The van der Waals surface area contributed by atoms with Gasteiger partial charge in [-0.1, -0.05) is 6.07 Å². The van der Waals surface area contributed by atoms with E-state index in [1.807, 2.05) is 17.8 Å². The van der Waals surface area contributed by atoms with Crippen molar-refractivity contribution in [2.24, 2.45) is 0 Å². The molecule has 3 aromatic rings. The molecule has 1 saturated heterocycles. The van der Waals surface area contributed by atoms with E-state index in [0.29, 0.717) is 35.2 Å². The Hall–Kier alpha value is -3.37. The van der Waals surface area contributed by atoms with Crippen molar-refractivity contribution in [2.75, 3.05) is 20.6 Å². The van der Waals surface area contributed by atoms with E-state index >= 15 is 0 Å². The Balaban J connectivity index is 1.38. The highest BCUT2D eigenvalue weighted by molar-refractivity contribution is 5.96. The molecule has 1 atom stereocenters. The summed E-state index contributed by atoms with van der Waals surface area (Å²) in [4.78, 5) is 33.1. The van der Waals surface area contributed by atoms with E-state index in [4.69, 9.17) is 0 Å². The molecule has 0 radical (unpaired) electrons. The molecule has 1 unspecified atom stereocenters. The maximum Gasteiger partial charge on any atom is 0.295 e. The molecule has 8 nitrogen and oxygen atoms in total. The summed E-state index contributed by atoms with van der Waals surface area (Å²) < 4.78 is 29.6. The van der Waals surface area contributed by atoms with Gasteiger partial charge in [0.2, 0.25) is 5.91 Å². The SMILES string of the molecule is CN(CCC1CCC(=O)N1C1CC1)Cc1cn(Cc2ccc(F)cc2F)c2cnc(C(=O)N(C)O)cc12. The zero-order valence-electron chi connectivity index (χ0n) is 21.0. The quantitative estimate of drug-likeness (QED) is 0.349. The Morgan fingerprint density at radius 3 is 2.65 bits per heavy atom. The second-order valence-electron chi connectivity index (χ2n) is 10.2. The molecular weight excluding hydrogens is 480 g/mol. The number of hydrogen-bond acceptors (Lipinski definition) is 5. The van der Waals surface area contributed by atoms with Crippen LogP contribution in [0.4, 0.5) is 8.78 Å². The third kappa shape index (κ3) is 5.35. The van der Waals surface area contributed by atoms with E-state index in [0.717, 1.165) is 49.2 Å². The van der Waals surface area contributed by atoms with Gasteiger partial charge in [-0.25, -0.2) is 18.8 Å². The lowest BCUT2D eigenvalue weighted by Gasteiger charge is -2.26. The minimum atomic E-state index is -0.636. The lowest BCUT2D eigenvalue weighted by atomic mass is 10.1. The Morgan fingerprint density at radius 2 is 1.95 bits per heavy atom. The van der Waals surface area contributed by atoms with Crippen LogP contribution in [-0.4, -0.2) is 74.2 Å². The topological polar surface area (TPSA) is 81.9 Å². The number of amides is 2. The average Bonchev–Trinajstić information content (AvgIpc) is 3.55. The number of rotatable bonds is 9.